The maximum Gasteiger partial charge on any atom is 0.263 e. The Morgan fingerprint density at radius 1 is 1.09 bits per heavy atom. The van der Waals surface area contributed by atoms with Crippen LogP contribution in [0.1, 0.15) is 36.7 Å². The summed E-state index contributed by atoms with van der Waals surface area (Å²) >= 11 is 0. The van der Waals surface area contributed by atoms with Gasteiger partial charge in [-0.15, -0.1) is 0 Å². The third-order valence-corrected chi connectivity index (χ3v) is 4.85. The summed E-state index contributed by atoms with van der Waals surface area (Å²) in [5.41, 5.74) is 1.86. The fraction of sp³-hybridized carbons (Fsp3) is 0.217. The third-order valence-electron chi connectivity index (χ3n) is 4.85. The predicted octanol–water partition coefficient (Wildman–Crippen LogP) is 3.88. The highest BCUT2D eigenvalue weighted by atomic mass is 19.1. The first-order valence-corrected chi connectivity index (χ1v) is 10.1. The van der Waals surface area contributed by atoms with E-state index in [1.54, 1.807) is 16.8 Å². The standard InChI is InChI=1S/C23H23FN6O2/c1-23(2,3)30-19-18(13-26-30)21(32)29-22(28-19)25-12-14-4-10-17(11-5-14)27-20(31)15-6-8-16(24)9-7-15/h4-11,13H,12H2,1-3H3,(H,27,31)(H2,25,28,29,32). The Balaban J connectivity index is 1.44. The third kappa shape index (κ3) is 4.51. The SMILES string of the molecule is CC(C)(C)n1ncc2c(=O)[nH]c(NCc3ccc(NC(=O)c4ccc(F)cc4)cc3)nc21. The number of fused-ring (bicyclic) bond motifs is 1. The van der Waals surface area contributed by atoms with Crippen LogP contribution < -0.4 is 16.2 Å². The van der Waals surface area contributed by atoms with E-state index in [0.29, 0.717) is 34.8 Å². The molecular weight excluding hydrogens is 411 g/mol. The van der Waals surface area contributed by atoms with Gasteiger partial charge in [-0.2, -0.15) is 10.1 Å². The van der Waals surface area contributed by atoms with Crippen LogP contribution in [-0.2, 0) is 12.1 Å². The molecule has 0 aliphatic heterocycles. The van der Waals surface area contributed by atoms with E-state index in [-0.39, 0.29) is 17.0 Å². The maximum absolute atomic E-state index is 13.0. The van der Waals surface area contributed by atoms with Gasteiger partial charge < -0.3 is 10.6 Å². The second-order valence-corrected chi connectivity index (χ2v) is 8.39. The number of carbonyl (C=O) groups excluding carboxylic acids is 1. The molecule has 8 nitrogen and oxygen atoms in total. The lowest BCUT2D eigenvalue weighted by Crippen LogP contribution is -2.24. The summed E-state index contributed by atoms with van der Waals surface area (Å²) in [6.07, 6.45) is 1.52. The fourth-order valence-corrected chi connectivity index (χ4v) is 3.19. The Hall–Kier alpha value is -4.01. The largest absolute Gasteiger partial charge is 0.352 e. The first-order chi connectivity index (χ1) is 15.2. The molecule has 2 aromatic carbocycles. The molecule has 0 saturated heterocycles. The Labute approximate surface area is 183 Å². The van der Waals surface area contributed by atoms with Crippen molar-refractivity contribution < 1.29 is 9.18 Å². The minimum absolute atomic E-state index is 0.258. The van der Waals surface area contributed by atoms with Crippen molar-refractivity contribution in [2.75, 3.05) is 10.6 Å². The lowest BCUT2D eigenvalue weighted by Gasteiger charge is -2.19. The molecule has 0 radical (unpaired) electrons. The highest BCUT2D eigenvalue weighted by Gasteiger charge is 2.19. The first kappa shape index (κ1) is 21.2. The number of aromatic nitrogens is 4. The molecule has 3 N–H and O–H groups in total. The van der Waals surface area contributed by atoms with Gasteiger partial charge in [0.1, 0.15) is 11.2 Å². The molecule has 0 fully saturated rings. The smallest absolute Gasteiger partial charge is 0.263 e. The highest BCUT2D eigenvalue weighted by Crippen LogP contribution is 2.19. The molecule has 0 saturated carbocycles. The Morgan fingerprint density at radius 3 is 2.44 bits per heavy atom. The fourth-order valence-electron chi connectivity index (χ4n) is 3.19. The van der Waals surface area contributed by atoms with E-state index in [9.17, 15) is 14.0 Å². The molecule has 4 rings (SSSR count). The predicted molar refractivity (Wildman–Crippen MR) is 121 cm³/mol. The Bertz CT molecular complexity index is 1320. The van der Waals surface area contributed by atoms with Crippen LogP contribution in [0.2, 0.25) is 0 Å². The van der Waals surface area contributed by atoms with Gasteiger partial charge in [0, 0.05) is 17.8 Å². The molecule has 2 aromatic heterocycles. The number of hydrogen-bond acceptors (Lipinski definition) is 5. The van der Waals surface area contributed by atoms with Crippen molar-refractivity contribution in [3.8, 4) is 0 Å². The molecule has 32 heavy (non-hydrogen) atoms. The zero-order valence-corrected chi connectivity index (χ0v) is 17.9. The monoisotopic (exact) mass is 434 g/mol. The minimum Gasteiger partial charge on any atom is -0.352 e. The molecular formula is C23H23FN6O2. The van der Waals surface area contributed by atoms with Crippen LogP contribution in [0.5, 0.6) is 0 Å². The topological polar surface area (TPSA) is 105 Å². The minimum atomic E-state index is -0.392. The first-order valence-electron chi connectivity index (χ1n) is 10.1. The van der Waals surface area contributed by atoms with Crippen LogP contribution >= 0.6 is 0 Å². The van der Waals surface area contributed by atoms with Crippen molar-refractivity contribution in [2.24, 2.45) is 0 Å². The summed E-state index contributed by atoms with van der Waals surface area (Å²) in [5.74, 6) is -0.361. The summed E-state index contributed by atoms with van der Waals surface area (Å²) in [7, 11) is 0. The molecule has 9 heteroatoms. The van der Waals surface area contributed by atoms with Crippen LogP contribution in [0, 0.1) is 5.82 Å². The quantitative estimate of drug-likeness (QED) is 0.442. The van der Waals surface area contributed by atoms with E-state index in [1.165, 1.54) is 30.5 Å². The molecule has 1 amide bonds. The van der Waals surface area contributed by atoms with Crippen molar-refractivity contribution in [2.45, 2.75) is 32.9 Å². The maximum atomic E-state index is 13.0. The molecule has 0 aliphatic rings. The van der Waals surface area contributed by atoms with Crippen LogP contribution in [0.15, 0.2) is 59.5 Å². The Kier molecular flexibility index (Phi) is 5.48. The summed E-state index contributed by atoms with van der Waals surface area (Å²) in [5, 5.41) is 10.6. The number of benzene rings is 2. The van der Waals surface area contributed by atoms with E-state index < -0.39 is 5.82 Å². The lowest BCUT2D eigenvalue weighted by atomic mass is 10.1. The average molecular weight is 434 g/mol. The Morgan fingerprint density at radius 2 is 1.78 bits per heavy atom. The number of rotatable bonds is 5. The van der Waals surface area contributed by atoms with Gasteiger partial charge in [0.05, 0.1) is 11.7 Å². The van der Waals surface area contributed by atoms with Crippen LogP contribution in [0.4, 0.5) is 16.0 Å². The van der Waals surface area contributed by atoms with Crippen LogP contribution in [0.3, 0.4) is 0 Å². The number of halogens is 1. The van der Waals surface area contributed by atoms with E-state index in [2.05, 4.69) is 25.7 Å². The normalized spacial score (nSPS) is 11.5. The van der Waals surface area contributed by atoms with Gasteiger partial charge in [-0.3, -0.25) is 14.6 Å². The van der Waals surface area contributed by atoms with Gasteiger partial charge in [0.15, 0.2) is 5.65 Å². The molecule has 4 aromatic rings. The number of nitrogens with zero attached hydrogens (tertiary/aromatic N) is 3. The second kappa shape index (κ2) is 8.26. The number of amides is 1. The van der Waals surface area contributed by atoms with Crippen molar-refractivity contribution in [3.63, 3.8) is 0 Å². The molecule has 164 valence electrons. The van der Waals surface area contributed by atoms with Gasteiger partial charge in [0.2, 0.25) is 5.95 Å². The van der Waals surface area contributed by atoms with Crippen molar-refractivity contribution >= 4 is 28.6 Å². The van der Waals surface area contributed by atoms with Gasteiger partial charge >= 0.3 is 0 Å². The van der Waals surface area contributed by atoms with Crippen molar-refractivity contribution in [3.05, 3.63) is 82.0 Å². The molecule has 0 unspecified atom stereocenters. The number of H-pyrrole nitrogens is 1. The zero-order chi connectivity index (χ0) is 22.9. The molecule has 0 aliphatic carbocycles. The van der Waals surface area contributed by atoms with E-state index in [0.717, 1.165) is 5.56 Å². The molecule has 0 atom stereocenters. The molecule has 2 heterocycles. The van der Waals surface area contributed by atoms with Gasteiger partial charge in [-0.25, -0.2) is 9.07 Å². The van der Waals surface area contributed by atoms with E-state index in [4.69, 9.17) is 0 Å². The van der Waals surface area contributed by atoms with Crippen LogP contribution in [-0.4, -0.2) is 25.7 Å². The number of anilines is 2. The second-order valence-electron chi connectivity index (χ2n) is 8.39. The number of carbonyl (C=O) groups is 1. The number of nitrogens with one attached hydrogen (secondary N) is 3. The summed E-state index contributed by atoms with van der Waals surface area (Å²) in [4.78, 5) is 31.9. The number of aromatic amines is 1. The van der Waals surface area contributed by atoms with Gasteiger partial charge in [-0.1, -0.05) is 12.1 Å². The van der Waals surface area contributed by atoms with E-state index in [1.807, 2.05) is 32.9 Å². The molecule has 0 bridgehead atoms. The molecule has 0 spiro atoms. The summed E-state index contributed by atoms with van der Waals surface area (Å²) in [6.45, 7) is 6.40. The van der Waals surface area contributed by atoms with Crippen LogP contribution in [0.25, 0.3) is 11.0 Å². The average Bonchev–Trinajstić information content (AvgIpc) is 3.19. The van der Waals surface area contributed by atoms with Gasteiger partial charge in [-0.05, 0) is 62.7 Å². The highest BCUT2D eigenvalue weighted by molar-refractivity contribution is 6.04. The number of hydrogen-bond donors (Lipinski definition) is 3. The summed E-state index contributed by atoms with van der Waals surface area (Å²) < 4.78 is 14.7. The summed E-state index contributed by atoms with van der Waals surface area (Å²) in [6, 6.07) is 12.6. The zero-order valence-electron chi connectivity index (χ0n) is 17.9. The van der Waals surface area contributed by atoms with Gasteiger partial charge in [0.25, 0.3) is 11.5 Å². The van der Waals surface area contributed by atoms with E-state index >= 15 is 0 Å². The van der Waals surface area contributed by atoms with Crippen molar-refractivity contribution in [1.29, 1.82) is 0 Å². The lowest BCUT2D eigenvalue weighted by molar-refractivity contribution is 0.102. The van der Waals surface area contributed by atoms with Crippen molar-refractivity contribution in [1.82, 2.24) is 19.7 Å².